The van der Waals surface area contributed by atoms with Crippen LogP contribution in [-0.2, 0) is 10.0 Å². The number of sulfonamides is 1. The van der Waals surface area contributed by atoms with E-state index in [1.54, 1.807) is 0 Å². The van der Waals surface area contributed by atoms with Crippen LogP contribution in [0.5, 0.6) is 0 Å². The second-order valence-electron chi connectivity index (χ2n) is 4.20. The van der Waals surface area contributed by atoms with Gasteiger partial charge in [0.2, 0.25) is 10.0 Å². The lowest BCUT2D eigenvalue weighted by atomic mass is 10.2. The zero-order chi connectivity index (χ0) is 11.8. The summed E-state index contributed by atoms with van der Waals surface area (Å²) in [7, 11) is 0.593. The Balaban J connectivity index is 2.16. The molecule has 0 spiro atoms. The Morgan fingerprint density at radius 3 is 2.81 bits per heavy atom. The van der Waals surface area contributed by atoms with Crippen LogP contribution < -0.4 is 0 Å². The second-order valence-corrected chi connectivity index (χ2v) is 6.14. The first-order valence-electron chi connectivity index (χ1n) is 5.17. The normalized spacial score (nSPS) is 23.1. The number of hydrogen-bond acceptors (Lipinski definition) is 4. The molecule has 2 heterocycles. The first-order chi connectivity index (χ1) is 7.51. The third-order valence-corrected chi connectivity index (χ3v) is 4.80. The van der Waals surface area contributed by atoms with Gasteiger partial charge in [0.05, 0.1) is 6.20 Å². The van der Waals surface area contributed by atoms with Crippen molar-refractivity contribution in [1.82, 2.24) is 19.4 Å². The Hall–Kier alpha value is -0.920. The van der Waals surface area contributed by atoms with Crippen molar-refractivity contribution in [3.63, 3.8) is 0 Å². The maximum absolute atomic E-state index is 12.1. The molecule has 0 aromatic carbocycles. The Morgan fingerprint density at radius 1 is 1.56 bits per heavy atom. The van der Waals surface area contributed by atoms with Crippen LogP contribution in [0.1, 0.15) is 6.42 Å². The Kier molecular flexibility index (Phi) is 3.00. The molecule has 1 N–H and O–H groups in total. The summed E-state index contributed by atoms with van der Waals surface area (Å²) in [6, 6.07) is 0.307. The van der Waals surface area contributed by atoms with Crippen molar-refractivity contribution in [2.75, 3.05) is 27.2 Å². The quantitative estimate of drug-likeness (QED) is 0.795. The van der Waals surface area contributed by atoms with E-state index in [4.69, 9.17) is 0 Å². The minimum Gasteiger partial charge on any atom is -0.305 e. The standard InChI is InChI=1S/C9H16N4O2S/c1-12(2)8-3-4-13(7-8)16(14,15)9-5-10-11-6-9/h5-6,8H,3-4,7H2,1-2H3,(H,10,11). The fourth-order valence-electron chi connectivity index (χ4n) is 1.88. The van der Waals surface area contributed by atoms with Gasteiger partial charge in [0.1, 0.15) is 4.90 Å². The molecule has 6 nitrogen and oxygen atoms in total. The topological polar surface area (TPSA) is 69.3 Å². The van der Waals surface area contributed by atoms with Crippen molar-refractivity contribution in [3.8, 4) is 0 Å². The monoisotopic (exact) mass is 244 g/mol. The number of rotatable bonds is 3. The lowest BCUT2D eigenvalue weighted by molar-refractivity contribution is 0.302. The van der Waals surface area contributed by atoms with E-state index in [0.717, 1.165) is 6.42 Å². The highest BCUT2D eigenvalue weighted by molar-refractivity contribution is 7.89. The van der Waals surface area contributed by atoms with Crippen LogP contribution in [0, 0.1) is 0 Å². The summed E-state index contributed by atoms with van der Waals surface area (Å²) in [6.45, 7) is 1.14. The molecule has 7 heteroatoms. The van der Waals surface area contributed by atoms with Crippen molar-refractivity contribution in [1.29, 1.82) is 0 Å². The van der Waals surface area contributed by atoms with E-state index in [-0.39, 0.29) is 4.90 Å². The first kappa shape index (κ1) is 11.6. The molecule has 1 saturated heterocycles. The summed E-state index contributed by atoms with van der Waals surface area (Å²) in [6.07, 6.45) is 3.64. The van der Waals surface area contributed by atoms with Crippen LogP contribution in [0.4, 0.5) is 0 Å². The number of aromatic amines is 1. The summed E-state index contributed by atoms with van der Waals surface area (Å²) < 4.78 is 25.7. The summed E-state index contributed by atoms with van der Waals surface area (Å²) in [5.74, 6) is 0. The van der Waals surface area contributed by atoms with Crippen molar-refractivity contribution in [2.45, 2.75) is 17.4 Å². The number of hydrogen-bond donors (Lipinski definition) is 1. The predicted octanol–water partition coefficient (Wildman–Crippen LogP) is -0.266. The molecule has 2 rings (SSSR count). The zero-order valence-corrected chi connectivity index (χ0v) is 10.2. The molecule has 1 unspecified atom stereocenters. The van der Waals surface area contributed by atoms with Gasteiger partial charge in [0.25, 0.3) is 0 Å². The second kappa shape index (κ2) is 4.15. The lowest BCUT2D eigenvalue weighted by Gasteiger charge is -2.19. The van der Waals surface area contributed by atoms with E-state index < -0.39 is 10.0 Å². The molecule has 0 aliphatic carbocycles. The van der Waals surface area contributed by atoms with Crippen molar-refractivity contribution in [2.24, 2.45) is 0 Å². The summed E-state index contributed by atoms with van der Waals surface area (Å²) in [4.78, 5) is 2.30. The predicted molar refractivity (Wildman–Crippen MR) is 59.4 cm³/mol. The molecule has 1 atom stereocenters. The Morgan fingerprint density at radius 2 is 2.31 bits per heavy atom. The number of H-pyrrole nitrogens is 1. The number of nitrogens with zero attached hydrogens (tertiary/aromatic N) is 3. The number of likely N-dealkylation sites (N-methyl/N-ethyl adjacent to an activating group) is 1. The molecular weight excluding hydrogens is 228 g/mol. The van der Waals surface area contributed by atoms with Crippen LogP contribution in [0.15, 0.2) is 17.3 Å². The SMILES string of the molecule is CN(C)C1CCN(S(=O)(=O)c2cn[nH]c2)C1. The molecule has 1 aliphatic heterocycles. The van der Waals surface area contributed by atoms with Gasteiger partial charge < -0.3 is 4.90 Å². The van der Waals surface area contributed by atoms with Gasteiger partial charge >= 0.3 is 0 Å². The molecule has 1 aliphatic rings. The smallest absolute Gasteiger partial charge is 0.246 e. The van der Waals surface area contributed by atoms with Gasteiger partial charge in [-0.3, -0.25) is 5.10 Å². The molecule has 0 amide bonds. The number of aromatic nitrogens is 2. The van der Waals surface area contributed by atoms with Gasteiger partial charge in [0.15, 0.2) is 0 Å². The van der Waals surface area contributed by atoms with E-state index >= 15 is 0 Å². The molecule has 0 radical (unpaired) electrons. The van der Waals surface area contributed by atoms with Gasteiger partial charge in [-0.25, -0.2) is 8.42 Å². The highest BCUT2D eigenvalue weighted by Crippen LogP contribution is 2.21. The summed E-state index contributed by atoms with van der Waals surface area (Å²) in [5.41, 5.74) is 0. The number of nitrogens with one attached hydrogen (secondary N) is 1. The summed E-state index contributed by atoms with van der Waals surface area (Å²) in [5, 5.41) is 6.20. The fourth-order valence-corrected chi connectivity index (χ4v) is 3.28. The highest BCUT2D eigenvalue weighted by atomic mass is 32.2. The van der Waals surface area contributed by atoms with Crippen molar-refractivity contribution < 1.29 is 8.42 Å². The largest absolute Gasteiger partial charge is 0.305 e. The zero-order valence-electron chi connectivity index (χ0n) is 9.42. The fraction of sp³-hybridized carbons (Fsp3) is 0.667. The van der Waals surface area contributed by atoms with Crippen LogP contribution in [0.3, 0.4) is 0 Å². The molecule has 0 bridgehead atoms. The van der Waals surface area contributed by atoms with Crippen LogP contribution in [-0.4, -0.2) is 61.0 Å². The highest BCUT2D eigenvalue weighted by Gasteiger charge is 2.33. The average molecular weight is 244 g/mol. The van der Waals surface area contributed by atoms with Gasteiger partial charge in [-0.1, -0.05) is 0 Å². The summed E-state index contributed by atoms with van der Waals surface area (Å²) >= 11 is 0. The minimum atomic E-state index is -3.35. The van der Waals surface area contributed by atoms with E-state index in [0.29, 0.717) is 19.1 Å². The molecular formula is C9H16N4O2S. The first-order valence-corrected chi connectivity index (χ1v) is 6.61. The minimum absolute atomic E-state index is 0.243. The molecule has 1 aromatic heterocycles. The average Bonchev–Trinajstić information content (AvgIpc) is 2.90. The van der Waals surface area contributed by atoms with Crippen LogP contribution in [0.25, 0.3) is 0 Å². The molecule has 1 fully saturated rings. The van der Waals surface area contributed by atoms with E-state index in [9.17, 15) is 8.42 Å². The van der Waals surface area contributed by atoms with E-state index in [2.05, 4.69) is 15.1 Å². The molecule has 0 saturated carbocycles. The van der Waals surface area contributed by atoms with Gasteiger partial charge in [-0.2, -0.15) is 9.40 Å². The van der Waals surface area contributed by atoms with Crippen molar-refractivity contribution >= 4 is 10.0 Å². The third kappa shape index (κ3) is 1.98. The molecule has 16 heavy (non-hydrogen) atoms. The Labute approximate surface area is 95.3 Å². The van der Waals surface area contributed by atoms with Crippen LogP contribution >= 0.6 is 0 Å². The lowest BCUT2D eigenvalue weighted by Crippen LogP contribution is -2.34. The maximum Gasteiger partial charge on any atom is 0.246 e. The van der Waals surface area contributed by atoms with Crippen molar-refractivity contribution in [3.05, 3.63) is 12.4 Å². The molecule has 90 valence electrons. The third-order valence-electron chi connectivity index (χ3n) is 2.97. The van der Waals surface area contributed by atoms with E-state index in [1.165, 1.54) is 16.7 Å². The van der Waals surface area contributed by atoms with Gasteiger partial charge in [-0.15, -0.1) is 0 Å². The Bertz CT molecular complexity index is 440. The van der Waals surface area contributed by atoms with Crippen LogP contribution in [0.2, 0.25) is 0 Å². The van der Waals surface area contributed by atoms with Gasteiger partial charge in [-0.05, 0) is 20.5 Å². The van der Waals surface area contributed by atoms with Gasteiger partial charge in [0, 0.05) is 25.3 Å². The molecule has 1 aromatic rings. The van der Waals surface area contributed by atoms with E-state index in [1.807, 2.05) is 14.1 Å². The maximum atomic E-state index is 12.1.